The second-order valence-corrected chi connectivity index (χ2v) is 7.79. The van der Waals surface area contributed by atoms with Gasteiger partial charge in [-0.15, -0.1) is 0 Å². The van der Waals surface area contributed by atoms with E-state index in [0.29, 0.717) is 60.0 Å². The van der Waals surface area contributed by atoms with Crippen molar-refractivity contribution < 1.29 is 13.6 Å². The maximum atomic E-state index is 12.9. The molecule has 1 aliphatic heterocycles. The van der Waals surface area contributed by atoms with Gasteiger partial charge in [-0.3, -0.25) is 4.79 Å². The van der Waals surface area contributed by atoms with Gasteiger partial charge in [0.2, 0.25) is 0 Å². The fourth-order valence-electron chi connectivity index (χ4n) is 3.31. The molecule has 2 aromatic heterocycles. The highest BCUT2D eigenvalue weighted by Crippen LogP contribution is 2.29. The molecule has 10 heteroatoms. The lowest BCUT2D eigenvalue weighted by Crippen LogP contribution is -2.49. The number of piperazine rings is 1. The molecular weight excluding hydrogens is 422 g/mol. The molecule has 7 nitrogen and oxygen atoms in total. The van der Waals surface area contributed by atoms with E-state index in [1.807, 2.05) is 24.3 Å². The first-order chi connectivity index (χ1) is 15.1. The van der Waals surface area contributed by atoms with Crippen molar-refractivity contribution in [1.82, 2.24) is 19.9 Å². The Morgan fingerprint density at radius 2 is 1.74 bits per heavy atom. The van der Waals surface area contributed by atoms with Crippen molar-refractivity contribution in [3.8, 4) is 0 Å². The first kappa shape index (κ1) is 21.0. The van der Waals surface area contributed by atoms with Crippen molar-refractivity contribution >= 4 is 35.1 Å². The minimum Gasteiger partial charge on any atom is -0.353 e. The summed E-state index contributed by atoms with van der Waals surface area (Å²) in [7, 11) is 0. The summed E-state index contributed by atoms with van der Waals surface area (Å²) in [5.41, 5.74) is 0.310. The Morgan fingerprint density at radius 1 is 0.968 bits per heavy atom. The summed E-state index contributed by atoms with van der Waals surface area (Å²) in [6.07, 6.45) is 3.18. The number of carbonyl (C=O) groups is 1. The fraction of sp³-hybridized carbons (Fsp3) is 0.238. The average molecular weight is 442 g/mol. The van der Waals surface area contributed by atoms with Gasteiger partial charge in [-0.2, -0.15) is 8.78 Å². The molecule has 1 amide bonds. The van der Waals surface area contributed by atoms with E-state index in [-0.39, 0.29) is 5.91 Å². The van der Waals surface area contributed by atoms with E-state index < -0.39 is 5.76 Å². The van der Waals surface area contributed by atoms with Crippen LogP contribution in [0, 0.1) is 0 Å². The highest BCUT2D eigenvalue weighted by Gasteiger charge is 2.25. The van der Waals surface area contributed by atoms with Crippen LogP contribution >= 0.6 is 11.8 Å². The number of aromatic nitrogens is 3. The van der Waals surface area contributed by atoms with Gasteiger partial charge < -0.3 is 15.1 Å². The second-order valence-electron chi connectivity index (χ2n) is 6.76. The lowest BCUT2D eigenvalue weighted by molar-refractivity contribution is 0.0743. The number of hydrogen-bond acceptors (Lipinski definition) is 7. The van der Waals surface area contributed by atoms with Crippen molar-refractivity contribution in [1.29, 1.82) is 0 Å². The van der Waals surface area contributed by atoms with E-state index in [1.54, 1.807) is 35.4 Å². The molecule has 1 N–H and O–H groups in total. The highest BCUT2D eigenvalue weighted by atomic mass is 32.2. The van der Waals surface area contributed by atoms with E-state index in [2.05, 4.69) is 25.2 Å². The summed E-state index contributed by atoms with van der Waals surface area (Å²) in [6, 6.07) is 13.9. The summed E-state index contributed by atoms with van der Waals surface area (Å²) in [5.74, 6) is -0.752. The van der Waals surface area contributed by atoms with Crippen LogP contribution in [0.4, 0.5) is 26.2 Å². The number of thioether (sulfide) groups is 1. The minimum absolute atomic E-state index is 0.233. The molecule has 1 aliphatic rings. The molecule has 1 aromatic carbocycles. The van der Waals surface area contributed by atoms with E-state index in [1.165, 1.54) is 6.33 Å². The summed E-state index contributed by atoms with van der Waals surface area (Å²) in [5, 5.41) is 3.14. The molecule has 0 atom stereocenters. The number of nitrogens with zero attached hydrogens (tertiary/aromatic N) is 5. The van der Waals surface area contributed by atoms with E-state index in [9.17, 15) is 13.6 Å². The number of rotatable bonds is 6. The monoisotopic (exact) mass is 442 g/mol. The quantitative estimate of drug-likeness (QED) is 0.581. The number of halogens is 2. The van der Waals surface area contributed by atoms with Crippen LogP contribution in [-0.4, -0.2) is 57.7 Å². The van der Waals surface area contributed by atoms with Gasteiger partial charge in [0, 0.05) is 43.3 Å². The zero-order valence-electron chi connectivity index (χ0n) is 16.5. The summed E-state index contributed by atoms with van der Waals surface area (Å²) in [6.45, 7) is 2.10. The Morgan fingerprint density at radius 3 is 2.48 bits per heavy atom. The molecule has 1 fully saturated rings. The van der Waals surface area contributed by atoms with Crippen molar-refractivity contribution in [2.75, 3.05) is 36.4 Å². The number of alkyl halides is 2. The summed E-state index contributed by atoms with van der Waals surface area (Å²) in [4.78, 5) is 29.8. The topological polar surface area (TPSA) is 74.2 Å². The number of pyridine rings is 1. The Bertz CT molecular complexity index is 1030. The molecule has 0 unspecified atom stereocenters. The van der Waals surface area contributed by atoms with Crippen LogP contribution in [0.3, 0.4) is 0 Å². The van der Waals surface area contributed by atoms with Crippen LogP contribution in [0.25, 0.3) is 0 Å². The first-order valence-electron chi connectivity index (χ1n) is 9.68. The maximum absolute atomic E-state index is 12.9. The number of hydrogen-bond donors (Lipinski definition) is 1. The zero-order valence-corrected chi connectivity index (χ0v) is 17.3. The lowest BCUT2D eigenvalue weighted by atomic mass is 10.2. The molecule has 3 heterocycles. The molecule has 0 aliphatic carbocycles. The predicted molar refractivity (Wildman–Crippen MR) is 116 cm³/mol. The van der Waals surface area contributed by atoms with E-state index >= 15 is 0 Å². The molecule has 0 radical (unpaired) electrons. The fourth-order valence-corrected chi connectivity index (χ4v) is 3.94. The summed E-state index contributed by atoms with van der Waals surface area (Å²) < 4.78 is 25.7. The molecule has 0 spiro atoms. The van der Waals surface area contributed by atoms with Crippen LogP contribution in [-0.2, 0) is 0 Å². The number of anilines is 3. The van der Waals surface area contributed by atoms with Crippen LogP contribution in [0.15, 0.2) is 66.0 Å². The van der Waals surface area contributed by atoms with Gasteiger partial charge in [0.25, 0.3) is 11.7 Å². The molecule has 1 saturated heterocycles. The van der Waals surface area contributed by atoms with E-state index in [0.717, 1.165) is 5.82 Å². The first-order valence-corrected chi connectivity index (χ1v) is 10.6. The molecule has 31 heavy (non-hydrogen) atoms. The van der Waals surface area contributed by atoms with Crippen LogP contribution in [0.1, 0.15) is 10.4 Å². The highest BCUT2D eigenvalue weighted by molar-refractivity contribution is 7.99. The molecule has 0 saturated carbocycles. The maximum Gasteiger partial charge on any atom is 0.288 e. The zero-order chi connectivity index (χ0) is 21.6. The Labute approximate surface area is 182 Å². The second kappa shape index (κ2) is 9.69. The third-order valence-electron chi connectivity index (χ3n) is 4.80. The lowest BCUT2D eigenvalue weighted by Gasteiger charge is -2.35. The van der Waals surface area contributed by atoms with Crippen molar-refractivity contribution in [2.45, 2.75) is 10.7 Å². The smallest absolute Gasteiger partial charge is 0.288 e. The number of amides is 1. The molecule has 3 aromatic rings. The number of carbonyl (C=O) groups excluding carboxylic acids is 1. The van der Waals surface area contributed by atoms with Gasteiger partial charge >= 0.3 is 0 Å². The van der Waals surface area contributed by atoms with Crippen LogP contribution in [0.2, 0.25) is 0 Å². The van der Waals surface area contributed by atoms with Gasteiger partial charge in [0.15, 0.2) is 0 Å². The normalized spacial score (nSPS) is 14.0. The molecule has 4 rings (SSSR count). The van der Waals surface area contributed by atoms with Crippen molar-refractivity contribution in [2.24, 2.45) is 0 Å². The standard InChI is InChI=1S/C21H20F2N6OS/c22-21(23)31-16-6-2-1-5-15(16)20(30)29-11-9-28(10-12-29)19-13-18(25-14-26-19)27-17-7-3-4-8-24-17/h1-8,13-14,21H,9-12H2,(H,24,25,26,27). The van der Waals surface area contributed by atoms with Crippen molar-refractivity contribution in [3.63, 3.8) is 0 Å². The largest absolute Gasteiger partial charge is 0.353 e. The SMILES string of the molecule is O=C(c1ccccc1SC(F)F)N1CCN(c2cc(Nc3ccccn3)ncn2)CC1. The van der Waals surface area contributed by atoms with Crippen LogP contribution in [0.5, 0.6) is 0 Å². The van der Waals surface area contributed by atoms with E-state index in [4.69, 9.17) is 0 Å². The van der Waals surface area contributed by atoms with Gasteiger partial charge in [-0.05, 0) is 24.3 Å². The number of nitrogens with one attached hydrogen (secondary N) is 1. The summed E-state index contributed by atoms with van der Waals surface area (Å²) >= 11 is 0.397. The van der Waals surface area contributed by atoms with Gasteiger partial charge in [0.1, 0.15) is 23.8 Å². The Balaban J connectivity index is 1.40. The molecular formula is C21H20F2N6OS. The van der Waals surface area contributed by atoms with Gasteiger partial charge in [-0.25, -0.2) is 15.0 Å². The van der Waals surface area contributed by atoms with Gasteiger partial charge in [-0.1, -0.05) is 30.0 Å². The molecule has 160 valence electrons. The third-order valence-corrected chi connectivity index (χ3v) is 5.59. The predicted octanol–water partition coefficient (Wildman–Crippen LogP) is 3.89. The Kier molecular flexibility index (Phi) is 6.56. The Hall–Kier alpha value is -3.27. The average Bonchev–Trinajstić information content (AvgIpc) is 2.80. The minimum atomic E-state index is -2.57. The van der Waals surface area contributed by atoms with Gasteiger partial charge in [0.05, 0.1) is 5.56 Å². The van der Waals surface area contributed by atoms with Crippen LogP contribution < -0.4 is 10.2 Å². The van der Waals surface area contributed by atoms with Crippen molar-refractivity contribution in [3.05, 3.63) is 66.6 Å². The number of benzene rings is 1. The third kappa shape index (κ3) is 5.26. The molecule has 0 bridgehead atoms.